The van der Waals surface area contributed by atoms with Crippen LogP contribution in [0.2, 0.25) is 0 Å². The standard InChI is InChI=1S/C13H16FN3O2/c1-8(9(2)15)13-16-12(17-19-13)7-18-11-6-4-3-5-10(11)14/h3-6,8-9H,7,15H2,1-2H3. The van der Waals surface area contributed by atoms with Gasteiger partial charge in [0.05, 0.1) is 5.92 Å². The molecule has 19 heavy (non-hydrogen) atoms. The average Bonchev–Trinajstić information content (AvgIpc) is 2.85. The topological polar surface area (TPSA) is 74.2 Å². The van der Waals surface area contributed by atoms with Crippen LogP contribution < -0.4 is 10.5 Å². The van der Waals surface area contributed by atoms with Crippen LogP contribution >= 0.6 is 0 Å². The van der Waals surface area contributed by atoms with Crippen LogP contribution in [0.15, 0.2) is 28.8 Å². The molecular weight excluding hydrogens is 249 g/mol. The van der Waals surface area contributed by atoms with Gasteiger partial charge in [-0.15, -0.1) is 0 Å². The summed E-state index contributed by atoms with van der Waals surface area (Å²) in [5, 5.41) is 3.78. The van der Waals surface area contributed by atoms with E-state index in [9.17, 15) is 4.39 Å². The first-order valence-corrected chi connectivity index (χ1v) is 6.03. The van der Waals surface area contributed by atoms with Crippen LogP contribution in [0.4, 0.5) is 4.39 Å². The van der Waals surface area contributed by atoms with Gasteiger partial charge in [0.15, 0.2) is 18.2 Å². The first kappa shape index (κ1) is 13.5. The predicted molar refractivity (Wildman–Crippen MR) is 67.1 cm³/mol. The molecule has 1 heterocycles. The molecule has 0 spiro atoms. The lowest BCUT2D eigenvalue weighted by molar-refractivity contribution is 0.271. The van der Waals surface area contributed by atoms with Crippen molar-refractivity contribution in [2.75, 3.05) is 0 Å². The maximum absolute atomic E-state index is 13.3. The van der Waals surface area contributed by atoms with Crippen molar-refractivity contribution < 1.29 is 13.7 Å². The lowest BCUT2D eigenvalue weighted by Gasteiger charge is -2.09. The van der Waals surface area contributed by atoms with Crippen molar-refractivity contribution in [2.45, 2.75) is 32.4 Å². The highest BCUT2D eigenvalue weighted by atomic mass is 19.1. The van der Waals surface area contributed by atoms with Gasteiger partial charge in [-0.25, -0.2) is 4.39 Å². The summed E-state index contributed by atoms with van der Waals surface area (Å²) in [4.78, 5) is 4.17. The minimum atomic E-state index is -0.421. The smallest absolute Gasteiger partial charge is 0.231 e. The highest BCUT2D eigenvalue weighted by Gasteiger charge is 2.18. The molecule has 1 aromatic heterocycles. The fraction of sp³-hybridized carbons (Fsp3) is 0.385. The zero-order chi connectivity index (χ0) is 13.8. The van der Waals surface area contributed by atoms with Crippen molar-refractivity contribution in [3.63, 3.8) is 0 Å². The van der Waals surface area contributed by atoms with Gasteiger partial charge in [0.25, 0.3) is 0 Å². The molecular formula is C13H16FN3O2. The molecule has 0 saturated heterocycles. The van der Waals surface area contributed by atoms with E-state index >= 15 is 0 Å². The summed E-state index contributed by atoms with van der Waals surface area (Å²) in [6, 6.07) is 6.08. The predicted octanol–water partition coefficient (Wildman–Crippen LogP) is 2.24. The monoisotopic (exact) mass is 265 g/mol. The Bertz CT molecular complexity index is 542. The van der Waals surface area contributed by atoms with E-state index in [1.165, 1.54) is 6.07 Å². The van der Waals surface area contributed by atoms with Gasteiger partial charge in [-0.05, 0) is 19.1 Å². The van der Waals surface area contributed by atoms with Crippen LogP contribution in [0.5, 0.6) is 5.75 Å². The summed E-state index contributed by atoms with van der Waals surface area (Å²) in [5.74, 6) is 0.534. The second-order valence-electron chi connectivity index (χ2n) is 4.42. The van der Waals surface area contributed by atoms with E-state index in [0.29, 0.717) is 11.7 Å². The lowest BCUT2D eigenvalue weighted by atomic mass is 10.1. The van der Waals surface area contributed by atoms with Gasteiger partial charge in [0, 0.05) is 6.04 Å². The highest BCUT2D eigenvalue weighted by Crippen LogP contribution is 2.18. The average molecular weight is 265 g/mol. The fourth-order valence-corrected chi connectivity index (χ4v) is 1.44. The molecule has 0 radical (unpaired) electrons. The van der Waals surface area contributed by atoms with E-state index in [2.05, 4.69) is 10.1 Å². The van der Waals surface area contributed by atoms with Gasteiger partial charge in [-0.3, -0.25) is 0 Å². The fourth-order valence-electron chi connectivity index (χ4n) is 1.44. The van der Waals surface area contributed by atoms with Crippen LogP contribution in [0.1, 0.15) is 31.5 Å². The van der Waals surface area contributed by atoms with Crippen molar-refractivity contribution in [3.05, 3.63) is 41.8 Å². The van der Waals surface area contributed by atoms with E-state index < -0.39 is 5.82 Å². The Balaban J connectivity index is 1.99. The Kier molecular flexibility index (Phi) is 4.11. The number of hydrogen-bond donors (Lipinski definition) is 1. The molecule has 2 atom stereocenters. The molecule has 0 aliphatic heterocycles. The third-order valence-electron chi connectivity index (χ3n) is 2.86. The number of para-hydroxylation sites is 1. The van der Waals surface area contributed by atoms with Gasteiger partial charge in [0.2, 0.25) is 11.7 Å². The summed E-state index contributed by atoms with van der Waals surface area (Å²) < 4.78 is 23.7. The summed E-state index contributed by atoms with van der Waals surface area (Å²) in [7, 11) is 0. The zero-order valence-corrected chi connectivity index (χ0v) is 10.8. The van der Waals surface area contributed by atoms with Crippen LogP contribution in [0, 0.1) is 5.82 Å². The second kappa shape index (κ2) is 5.79. The van der Waals surface area contributed by atoms with Crippen LogP contribution in [0.3, 0.4) is 0 Å². The van der Waals surface area contributed by atoms with E-state index in [-0.39, 0.29) is 24.3 Å². The zero-order valence-electron chi connectivity index (χ0n) is 10.8. The summed E-state index contributed by atoms with van der Waals surface area (Å²) in [5.41, 5.74) is 5.75. The molecule has 2 rings (SSSR count). The number of nitrogens with zero attached hydrogens (tertiary/aromatic N) is 2. The van der Waals surface area contributed by atoms with Crippen molar-refractivity contribution in [3.8, 4) is 5.75 Å². The van der Waals surface area contributed by atoms with E-state index in [1.807, 2.05) is 13.8 Å². The van der Waals surface area contributed by atoms with Gasteiger partial charge in [0.1, 0.15) is 0 Å². The minimum Gasteiger partial charge on any atom is -0.482 e. The summed E-state index contributed by atoms with van der Waals surface area (Å²) >= 11 is 0. The van der Waals surface area contributed by atoms with Crippen molar-refractivity contribution >= 4 is 0 Å². The van der Waals surface area contributed by atoms with E-state index in [1.54, 1.807) is 18.2 Å². The summed E-state index contributed by atoms with van der Waals surface area (Å²) in [6.07, 6.45) is 0. The lowest BCUT2D eigenvalue weighted by Crippen LogP contribution is -2.22. The van der Waals surface area contributed by atoms with Gasteiger partial charge < -0.3 is 15.0 Å². The molecule has 5 nitrogen and oxygen atoms in total. The summed E-state index contributed by atoms with van der Waals surface area (Å²) in [6.45, 7) is 3.82. The van der Waals surface area contributed by atoms with Crippen molar-refractivity contribution in [1.29, 1.82) is 0 Å². The molecule has 0 aliphatic rings. The van der Waals surface area contributed by atoms with Crippen LogP contribution in [0.25, 0.3) is 0 Å². The number of aromatic nitrogens is 2. The first-order chi connectivity index (χ1) is 9.08. The molecule has 102 valence electrons. The van der Waals surface area contributed by atoms with Crippen LogP contribution in [-0.4, -0.2) is 16.2 Å². The normalized spacial score (nSPS) is 14.1. The van der Waals surface area contributed by atoms with Gasteiger partial charge in [-0.1, -0.05) is 24.2 Å². The number of rotatable bonds is 5. The number of halogens is 1. The van der Waals surface area contributed by atoms with E-state index in [0.717, 1.165) is 0 Å². The van der Waals surface area contributed by atoms with Gasteiger partial charge in [-0.2, -0.15) is 4.98 Å². The quantitative estimate of drug-likeness (QED) is 0.897. The number of ether oxygens (including phenoxy) is 1. The molecule has 1 aromatic carbocycles. The molecule has 0 bridgehead atoms. The molecule has 0 aliphatic carbocycles. The third kappa shape index (κ3) is 3.29. The molecule has 0 amide bonds. The maximum atomic E-state index is 13.3. The highest BCUT2D eigenvalue weighted by molar-refractivity contribution is 5.23. The number of benzene rings is 1. The Morgan fingerprint density at radius 2 is 2.11 bits per heavy atom. The van der Waals surface area contributed by atoms with Crippen LogP contribution in [-0.2, 0) is 6.61 Å². The molecule has 0 saturated carbocycles. The van der Waals surface area contributed by atoms with Crippen molar-refractivity contribution in [2.24, 2.45) is 5.73 Å². The number of hydrogen-bond acceptors (Lipinski definition) is 5. The van der Waals surface area contributed by atoms with Crippen molar-refractivity contribution in [1.82, 2.24) is 10.1 Å². The Morgan fingerprint density at radius 3 is 2.79 bits per heavy atom. The third-order valence-corrected chi connectivity index (χ3v) is 2.86. The molecule has 6 heteroatoms. The maximum Gasteiger partial charge on any atom is 0.231 e. The molecule has 2 N–H and O–H groups in total. The van der Waals surface area contributed by atoms with E-state index in [4.69, 9.17) is 15.0 Å². The molecule has 2 aromatic rings. The molecule has 0 fully saturated rings. The SMILES string of the molecule is CC(N)C(C)c1nc(COc2ccccc2F)no1. The Labute approximate surface area is 110 Å². The Morgan fingerprint density at radius 1 is 1.37 bits per heavy atom. The minimum absolute atomic E-state index is 0.0327. The number of nitrogens with two attached hydrogens (primary N) is 1. The molecule has 2 unspecified atom stereocenters. The second-order valence-corrected chi connectivity index (χ2v) is 4.42. The Hall–Kier alpha value is -1.95. The largest absolute Gasteiger partial charge is 0.482 e. The van der Waals surface area contributed by atoms with Gasteiger partial charge >= 0.3 is 0 Å². The first-order valence-electron chi connectivity index (χ1n) is 6.03.